The van der Waals surface area contributed by atoms with Gasteiger partial charge in [0, 0.05) is 15.6 Å². The summed E-state index contributed by atoms with van der Waals surface area (Å²) in [7, 11) is 0. The number of carbonyl (C=O) groups is 1. The summed E-state index contributed by atoms with van der Waals surface area (Å²) in [6.07, 6.45) is 1.57. The minimum absolute atomic E-state index is 0.259. The molecule has 132 valence electrons. The summed E-state index contributed by atoms with van der Waals surface area (Å²) in [4.78, 5) is 12.5. The first kappa shape index (κ1) is 18.6. The first-order valence-electron chi connectivity index (χ1n) is 8.03. The van der Waals surface area contributed by atoms with Crippen molar-refractivity contribution < 1.29 is 9.53 Å². The van der Waals surface area contributed by atoms with Crippen LogP contribution in [0.5, 0.6) is 5.75 Å². The number of ether oxygens (including phenoxy) is 1. The fourth-order valence-electron chi connectivity index (χ4n) is 2.62. The first-order chi connectivity index (χ1) is 12.6. The molecule has 3 rings (SSSR count). The maximum Gasteiger partial charge on any atom is 0.271 e. The van der Waals surface area contributed by atoms with E-state index in [4.69, 9.17) is 4.74 Å². The predicted octanol–water partition coefficient (Wildman–Crippen LogP) is 5.53. The molecule has 0 spiro atoms. The quantitative estimate of drug-likeness (QED) is 0.389. The van der Waals surface area contributed by atoms with Crippen LogP contribution in [-0.4, -0.2) is 18.7 Å². The van der Waals surface area contributed by atoms with Crippen molar-refractivity contribution in [1.82, 2.24) is 5.43 Å². The molecule has 0 unspecified atom stereocenters. The molecule has 0 fully saturated rings. The number of nitrogens with zero attached hydrogens (tertiary/aromatic N) is 1. The molecule has 26 heavy (non-hydrogen) atoms. The van der Waals surface area contributed by atoms with Crippen molar-refractivity contribution in [3.05, 3.63) is 74.7 Å². The Hall–Kier alpha value is -2.18. The van der Waals surface area contributed by atoms with Gasteiger partial charge in [-0.15, -0.1) is 0 Å². The minimum Gasteiger partial charge on any atom is -0.492 e. The third kappa shape index (κ3) is 4.14. The molecule has 0 saturated carbocycles. The van der Waals surface area contributed by atoms with Crippen LogP contribution in [0.3, 0.4) is 0 Å². The van der Waals surface area contributed by atoms with Crippen LogP contribution in [0.15, 0.2) is 68.6 Å². The van der Waals surface area contributed by atoms with Crippen molar-refractivity contribution >= 4 is 54.8 Å². The van der Waals surface area contributed by atoms with E-state index in [-0.39, 0.29) is 5.91 Å². The van der Waals surface area contributed by atoms with E-state index in [1.165, 1.54) is 0 Å². The van der Waals surface area contributed by atoms with E-state index < -0.39 is 0 Å². The molecule has 0 aliphatic carbocycles. The van der Waals surface area contributed by atoms with E-state index >= 15 is 0 Å². The topological polar surface area (TPSA) is 50.7 Å². The molecule has 0 aromatic heterocycles. The lowest BCUT2D eigenvalue weighted by Crippen LogP contribution is -2.18. The van der Waals surface area contributed by atoms with Crippen LogP contribution in [0, 0.1) is 0 Å². The number of hydrogen-bond acceptors (Lipinski definition) is 3. The third-order valence-corrected chi connectivity index (χ3v) is 4.78. The maximum absolute atomic E-state index is 12.5. The summed E-state index contributed by atoms with van der Waals surface area (Å²) in [5.74, 6) is 0.420. The average molecular weight is 476 g/mol. The zero-order valence-electron chi connectivity index (χ0n) is 14.0. The van der Waals surface area contributed by atoms with Gasteiger partial charge in [-0.05, 0) is 51.8 Å². The zero-order valence-corrected chi connectivity index (χ0v) is 17.2. The molecule has 0 saturated heterocycles. The summed E-state index contributed by atoms with van der Waals surface area (Å²) in [5, 5.41) is 6.01. The molecule has 0 aliphatic heterocycles. The first-order valence-corrected chi connectivity index (χ1v) is 9.61. The second-order valence-corrected chi connectivity index (χ2v) is 7.23. The van der Waals surface area contributed by atoms with Gasteiger partial charge in [0.1, 0.15) is 5.75 Å². The second kappa shape index (κ2) is 8.47. The van der Waals surface area contributed by atoms with Gasteiger partial charge in [-0.25, -0.2) is 5.43 Å². The SMILES string of the molecule is CCOc1c(Br)cc(Br)cc1/C=N\NC(=O)c1cccc2ccccc12. The highest BCUT2D eigenvalue weighted by Gasteiger charge is 2.10. The number of nitrogens with one attached hydrogen (secondary N) is 1. The van der Waals surface area contributed by atoms with E-state index in [2.05, 4.69) is 42.4 Å². The van der Waals surface area contributed by atoms with Crippen molar-refractivity contribution in [2.45, 2.75) is 6.92 Å². The van der Waals surface area contributed by atoms with Crippen molar-refractivity contribution in [2.24, 2.45) is 5.10 Å². The average Bonchev–Trinajstić information content (AvgIpc) is 2.64. The molecule has 0 atom stereocenters. The second-order valence-electron chi connectivity index (χ2n) is 5.46. The fourth-order valence-corrected chi connectivity index (χ4v) is 3.99. The van der Waals surface area contributed by atoms with Crippen LogP contribution in [0.1, 0.15) is 22.8 Å². The van der Waals surface area contributed by atoms with Gasteiger partial charge in [0.2, 0.25) is 0 Å². The van der Waals surface area contributed by atoms with Crippen molar-refractivity contribution in [3.8, 4) is 5.75 Å². The summed E-state index contributed by atoms with van der Waals surface area (Å²) >= 11 is 6.93. The van der Waals surface area contributed by atoms with E-state index in [1.807, 2.05) is 55.5 Å². The van der Waals surface area contributed by atoms with Gasteiger partial charge in [0.05, 0.1) is 17.3 Å². The number of hydrogen-bond donors (Lipinski definition) is 1. The lowest BCUT2D eigenvalue weighted by atomic mass is 10.0. The van der Waals surface area contributed by atoms with Gasteiger partial charge < -0.3 is 4.74 Å². The Morgan fingerprint density at radius 3 is 2.73 bits per heavy atom. The van der Waals surface area contributed by atoms with Crippen molar-refractivity contribution in [3.63, 3.8) is 0 Å². The highest BCUT2D eigenvalue weighted by atomic mass is 79.9. The monoisotopic (exact) mass is 474 g/mol. The molecule has 0 bridgehead atoms. The van der Waals surface area contributed by atoms with E-state index in [9.17, 15) is 4.79 Å². The minimum atomic E-state index is -0.259. The van der Waals surface area contributed by atoms with Gasteiger partial charge in [-0.1, -0.05) is 52.3 Å². The number of benzene rings is 3. The number of hydrazone groups is 1. The van der Waals surface area contributed by atoms with Crippen LogP contribution >= 0.6 is 31.9 Å². The van der Waals surface area contributed by atoms with Crippen molar-refractivity contribution in [1.29, 1.82) is 0 Å². The van der Waals surface area contributed by atoms with Crippen LogP contribution in [0.4, 0.5) is 0 Å². The van der Waals surface area contributed by atoms with Gasteiger partial charge >= 0.3 is 0 Å². The molecule has 6 heteroatoms. The van der Waals surface area contributed by atoms with Crippen LogP contribution in [-0.2, 0) is 0 Å². The Labute approximate surface area is 168 Å². The summed E-state index contributed by atoms with van der Waals surface area (Å²) in [6.45, 7) is 2.45. The Bertz CT molecular complexity index is 981. The third-order valence-electron chi connectivity index (χ3n) is 3.73. The van der Waals surface area contributed by atoms with Crippen LogP contribution in [0.2, 0.25) is 0 Å². The highest BCUT2D eigenvalue weighted by molar-refractivity contribution is 9.11. The van der Waals surface area contributed by atoms with Crippen molar-refractivity contribution in [2.75, 3.05) is 6.61 Å². The molecular weight excluding hydrogens is 460 g/mol. The van der Waals surface area contributed by atoms with Gasteiger partial charge in [0.25, 0.3) is 5.91 Å². The number of amides is 1. The van der Waals surface area contributed by atoms with Crippen LogP contribution in [0.25, 0.3) is 10.8 Å². The maximum atomic E-state index is 12.5. The highest BCUT2D eigenvalue weighted by Crippen LogP contribution is 2.32. The fraction of sp³-hybridized carbons (Fsp3) is 0.100. The number of carbonyl (C=O) groups excluding carboxylic acids is 1. The lowest BCUT2D eigenvalue weighted by molar-refractivity contribution is 0.0957. The largest absolute Gasteiger partial charge is 0.492 e. The normalized spacial score (nSPS) is 11.0. The van der Waals surface area contributed by atoms with Crippen LogP contribution < -0.4 is 10.2 Å². The molecule has 0 radical (unpaired) electrons. The summed E-state index contributed by atoms with van der Waals surface area (Å²) < 4.78 is 7.35. The Morgan fingerprint density at radius 2 is 1.92 bits per heavy atom. The predicted molar refractivity (Wildman–Crippen MR) is 112 cm³/mol. The van der Waals surface area contributed by atoms with Gasteiger partial charge in [-0.3, -0.25) is 4.79 Å². The number of rotatable bonds is 5. The zero-order chi connectivity index (χ0) is 18.5. The number of fused-ring (bicyclic) bond motifs is 1. The number of halogens is 2. The Kier molecular flexibility index (Phi) is 6.06. The lowest BCUT2D eigenvalue weighted by Gasteiger charge is -2.10. The molecule has 1 amide bonds. The Balaban J connectivity index is 1.83. The Morgan fingerprint density at radius 1 is 1.15 bits per heavy atom. The summed E-state index contributed by atoms with van der Waals surface area (Å²) in [6, 6.07) is 17.2. The smallest absolute Gasteiger partial charge is 0.271 e. The molecule has 0 aliphatic rings. The molecule has 3 aromatic carbocycles. The van der Waals surface area contributed by atoms with Gasteiger partial charge in [0.15, 0.2) is 0 Å². The van der Waals surface area contributed by atoms with E-state index in [0.29, 0.717) is 17.9 Å². The molecular formula is C20H16Br2N2O2. The molecule has 3 aromatic rings. The van der Waals surface area contributed by atoms with E-state index in [1.54, 1.807) is 12.3 Å². The van der Waals surface area contributed by atoms with E-state index in [0.717, 1.165) is 25.3 Å². The molecule has 4 nitrogen and oxygen atoms in total. The van der Waals surface area contributed by atoms with Gasteiger partial charge in [-0.2, -0.15) is 5.10 Å². The molecule has 1 N–H and O–H groups in total. The molecule has 0 heterocycles. The summed E-state index contributed by atoms with van der Waals surface area (Å²) in [5.41, 5.74) is 3.93. The standard InChI is InChI=1S/C20H16Br2N2O2/c1-2-26-19-14(10-15(21)11-18(19)22)12-23-24-20(25)17-9-5-7-13-6-3-4-8-16(13)17/h3-12H,2H2,1H3,(H,24,25)/b23-12-.